The highest BCUT2D eigenvalue weighted by atomic mass is 16.5. The second-order valence-electron chi connectivity index (χ2n) is 4.24. The van der Waals surface area contributed by atoms with E-state index in [0.29, 0.717) is 12.2 Å². The Hall–Kier alpha value is -0.870. The molecule has 1 aliphatic heterocycles. The largest absolute Gasteiger partial charge is 0.463 e. The van der Waals surface area contributed by atoms with Gasteiger partial charge < -0.3 is 9.47 Å². The summed E-state index contributed by atoms with van der Waals surface area (Å²) in [6.45, 7) is 10.8. The van der Waals surface area contributed by atoms with Crippen molar-refractivity contribution in [2.24, 2.45) is 0 Å². The van der Waals surface area contributed by atoms with E-state index in [1.54, 1.807) is 0 Å². The molecule has 0 spiro atoms. The van der Waals surface area contributed by atoms with Crippen molar-refractivity contribution >= 4 is 5.97 Å². The molecule has 17 heavy (non-hydrogen) atoms. The number of hydrogen-bond donors (Lipinski definition) is 0. The van der Waals surface area contributed by atoms with Crippen LogP contribution in [0.2, 0.25) is 0 Å². The Kier molecular flexibility index (Phi) is 6.89. The molecule has 1 fully saturated rings. The Morgan fingerprint density at radius 3 is 2.71 bits per heavy atom. The van der Waals surface area contributed by atoms with Crippen LogP contribution in [0.4, 0.5) is 0 Å². The van der Waals surface area contributed by atoms with E-state index < -0.39 is 0 Å². The summed E-state index contributed by atoms with van der Waals surface area (Å²) in [6, 6.07) is 0. The maximum absolute atomic E-state index is 11.3. The summed E-state index contributed by atoms with van der Waals surface area (Å²) in [5.74, 6) is -0.251. The van der Waals surface area contributed by atoms with Crippen molar-refractivity contribution in [2.45, 2.75) is 26.2 Å². The number of ether oxygens (including phenoxy) is 2. The maximum Gasteiger partial charge on any atom is 0.333 e. The second-order valence-corrected chi connectivity index (χ2v) is 4.24. The molecule has 0 N–H and O–H groups in total. The molecule has 0 radical (unpaired) electrons. The zero-order chi connectivity index (χ0) is 12.5. The van der Waals surface area contributed by atoms with E-state index in [0.717, 1.165) is 52.1 Å². The van der Waals surface area contributed by atoms with Gasteiger partial charge in [0.2, 0.25) is 0 Å². The molecule has 0 aromatic rings. The number of carbonyl (C=O) groups excluding carboxylic acids is 1. The standard InChI is InChI=1S/C13H23NO3/c1-3-17-13(15)12(2)6-4-5-7-14-8-10-16-11-9-14/h2-11H2,1H3. The first kappa shape index (κ1) is 14.2. The van der Waals surface area contributed by atoms with Crippen LogP contribution in [0, 0.1) is 0 Å². The van der Waals surface area contributed by atoms with Crippen molar-refractivity contribution in [3.05, 3.63) is 12.2 Å². The number of unbranched alkanes of at least 4 members (excludes halogenated alkanes) is 1. The van der Waals surface area contributed by atoms with Crippen LogP contribution in [0.5, 0.6) is 0 Å². The molecule has 1 aliphatic rings. The molecule has 0 aliphatic carbocycles. The van der Waals surface area contributed by atoms with Gasteiger partial charge in [0.15, 0.2) is 0 Å². The third kappa shape index (κ3) is 5.84. The molecule has 0 bridgehead atoms. The number of carbonyl (C=O) groups is 1. The first-order valence-corrected chi connectivity index (χ1v) is 6.39. The number of hydrogen-bond acceptors (Lipinski definition) is 4. The number of rotatable bonds is 7. The van der Waals surface area contributed by atoms with Crippen LogP contribution in [0.15, 0.2) is 12.2 Å². The molecular formula is C13H23NO3. The number of nitrogens with zero attached hydrogens (tertiary/aromatic N) is 1. The van der Waals surface area contributed by atoms with E-state index in [-0.39, 0.29) is 5.97 Å². The summed E-state index contributed by atoms with van der Waals surface area (Å²) < 4.78 is 10.2. The minimum absolute atomic E-state index is 0.251. The van der Waals surface area contributed by atoms with Crippen molar-refractivity contribution in [3.8, 4) is 0 Å². The molecule has 0 atom stereocenters. The van der Waals surface area contributed by atoms with Crippen LogP contribution in [0.1, 0.15) is 26.2 Å². The average molecular weight is 241 g/mol. The van der Waals surface area contributed by atoms with Crippen LogP contribution >= 0.6 is 0 Å². The molecule has 4 heteroatoms. The van der Waals surface area contributed by atoms with Crippen LogP contribution in [0.3, 0.4) is 0 Å². The van der Waals surface area contributed by atoms with Crippen LogP contribution in [-0.4, -0.2) is 50.3 Å². The highest BCUT2D eigenvalue weighted by Gasteiger charge is 2.10. The van der Waals surface area contributed by atoms with Gasteiger partial charge in [-0.3, -0.25) is 4.90 Å². The van der Waals surface area contributed by atoms with Gasteiger partial charge in [-0.05, 0) is 32.7 Å². The normalized spacial score (nSPS) is 16.8. The van der Waals surface area contributed by atoms with Gasteiger partial charge in [0, 0.05) is 18.7 Å². The fraction of sp³-hybridized carbons (Fsp3) is 0.769. The third-order valence-corrected chi connectivity index (χ3v) is 2.87. The predicted octanol–water partition coefficient (Wildman–Crippen LogP) is 1.61. The van der Waals surface area contributed by atoms with Crippen molar-refractivity contribution < 1.29 is 14.3 Å². The van der Waals surface area contributed by atoms with Gasteiger partial charge in [-0.1, -0.05) is 6.58 Å². The molecular weight excluding hydrogens is 218 g/mol. The summed E-state index contributed by atoms with van der Waals surface area (Å²) in [6.07, 6.45) is 2.83. The molecule has 0 aromatic heterocycles. The minimum atomic E-state index is -0.251. The minimum Gasteiger partial charge on any atom is -0.463 e. The third-order valence-electron chi connectivity index (χ3n) is 2.87. The lowest BCUT2D eigenvalue weighted by Crippen LogP contribution is -2.36. The number of esters is 1. The van der Waals surface area contributed by atoms with E-state index in [1.165, 1.54) is 0 Å². The van der Waals surface area contributed by atoms with Gasteiger partial charge in [0.25, 0.3) is 0 Å². The van der Waals surface area contributed by atoms with Gasteiger partial charge in [-0.15, -0.1) is 0 Å². The Balaban J connectivity index is 2.03. The van der Waals surface area contributed by atoms with Crippen molar-refractivity contribution in [1.29, 1.82) is 0 Å². The summed E-state index contributed by atoms with van der Waals surface area (Å²) >= 11 is 0. The van der Waals surface area contributed by atoms with E-state index in [2.05, 4.69) is 11.5 Å². The van der Waals surface area contributed by atoms with Crippen LogP contribution in [-0.2, 0) is 14.3 Å². The lowest BCUT2D eigenvalue weighted by atomic mass is 10.1. The Bertz CT molecular complexity index is 247. The molecule has 0 saturated carbocycles. The highest BCUT2D eigenvalue weighted by molar-refractivity contribution is 5.87. The summed E-state index contributed by atoms with van der Waals surface area (Å²) in [4.78, 5) is 13.7. The number of morpholine rings is 1. The van der Waals surface area contributed by atoms with Gasteiger partial charge in [-0.25, -0.2) is 4.79 Å². The Labute approximate surface area is 104 Å². The fourth-order valence-corrected chi connectivity index (χ4v) is 1.83. The topological polar surface area (TPSA) is 38.8 Å². The zero-order valence-electron chi connectivity index (χ0n) is 10.7. The van der Waals surface area contributed by atoms with E-state index in [1.807, 2.05) is 6.92 Å². The molecule has 1 heterocycles. The fourth-order valence-electron chi connectivity index (χ4n) is 1.83. The van der Waals surface area contributed by atoms with Crippen molar-refractivity contribution in [1.82, 2.24) is 4.90 Å². The molecule has 1 saturated heterocycles. The Morgan fingerprint density at radius 1 is 1.35 bits per heavy atom. The predicted molar refractivity (Wildman–Crippen MR) is 66.9 cm³/mol. The van der Waals surface area contributed by atoms with E-state index >= 15 is 0 Å². The second kappa shape index (κ2) is 8.25. The van der Waals surface area contributed by atoms with Gasteiger partial charge in [0.1, 0.15) is 0 Å². The SMILES string of the molecule is C=C(CCCCN1CCOCC1)C(=O)OCC. The average Bonchev–Trinajstić information content (AvgIpc) is 2.36. The van der Waals surface area contributed by atoms with Gasteiger partial charge in [-0.2, -0.15) is 0 Å². The summed E-state index contributed by atoms with van der Waals surface area (Å²) in [7, 11) is 0. The molecule has 0 unspecified atom stereocenters. The quantitative estimate of drug-likeness (QED) is 0.385. The van der Waals surface area contributed by atoms with E-state index in [9.17, 15) is 4.79 Å². The monoisotopic (exact) mass is 241 g/mol. The summed E-state index contributed by atoms with van der Waals surface area (Å²) in [5, 5.41) is 0. The molecule has 4 nitrogen and oxygen atoms in total. The van der Waals surface area contributed by atoms with Crippen molar-refractivity contribution in [3.63, 3.8) is 0 Å². The summed E-state index contributed by atoms with van der Waals surface area (Å²) in [5.41, 5.74) is 0.592. The highest BCUT2D eigenvalue weighted by Crippen LogP contribution is 2.08. The first-order chi connectivity index (χ1) is 8.24. The lowest BCUT2D eigenvalue weighted by Gasteiger charge is -2.26. The van der Waals surface area contributed by atoms with Crippen molar-refractivity contribution in [2.75, 3.05) is 39.5 Å². The van der Waals surface area contributed by atoms with Gasteiger partial charge >= 0.3 is 5.97 Å². The van der Waals surface area contributed by atoms with Crippen LogP contribution in [0.25, 0.3) is 0 Å². The smallest absolute Gasteiger partial charge is 0.333 e. The maximum atomic E-state index is 11.3. The molecule has 0 aromatic carbocycles. The zero-order valence-corrected chi connectivity index (χ0v) is 10.7. The molecule has 98 valence electrons. The van der Waals surface area contributed by atoms with Gasteiger partial charge in [0.05, 0.1) is 19.8 Å². The first-order valence-electron chi connectivity index (χ1n) is 6.39. The van der Waals surface area contributed by atoms with Crippen LogP contribution < -0.4 is 0 Å². The molecule has 0 amide bonds. The molecule has 1 rings (SSSR count). The Morgan fingerprint density at radius 2 is 2.06 bits per heavy atom. The van der Waals surface area contributed by atoms with E-state index in [4.69, 9.17) is 9.47 Å². The lowest BCUT2D eigenvalue weighted by molar-refractivity contribution is -0.138.